The predicted molar refractivity (Wildman–Crippen MR) is 147 cm³/mol. The van der Waals surface area contributed by atoms with Crippen molar-refractivity contribution in [2.45, 2.75) is 71.0 Å². The van der Waals surface area contributed by atoms with Gasteiger partial charge in [-0.25, -0.2) is 0 Å². The SMILES string of the molecule is CCNC(=O)c1ccc(C=C(C)c2ccc(OCOC(C)OC)c(C34CC5CC(CC(C5)C3)C4)c2)cc1. The molecule has 1 unspecified atom stereocenters. The topological polar surface area (TPSA) is 56.8 Å². The van der Waals surface area contributed by atoms with Crippen LogP contribution in [0.2, 0.25) is 0 Å². The van der Waals surface area contributed by atoms with E-state index in [0.29, 0.717) is 12.1 Å². The van der Waals surface area contributed by atoms with Gasteiger partial charge in [-0.1, -0.05) is 24.3 Å². The molecular formula is C32H41NO4. The quantitative estimate of drug-likeness (QED) is 0.286. The van der Waals surface area contributed by atoms with Crippen LogP contribution in [0.4, 0.5) is 0 Å². The van der Waals surface area contributed by atoms with E-state index in [1.807, 2.05) is 38.1 Å². The van der Waals surface area contributed by atoms with Crippen LogP contribution in [-0.2, 0) is 14.9 Å². The van der Waals surface area contributed by atoms with Crippen molar-refractivity contribution in [1.29, 1.82) is 0 Å². The van der Waals surface area contributed by atoms with Gasteiger partial charge in [-0.05, 0) is 123 Å². The number of nitrogens with one attached hydrogen (secondary N) is 1. The minimum Gasteiger partial charge on any atom is -0.467 e. The van der Waals surface area contributed by atoms with Crippen molar-refractivity contribution in [3.8, 4) is 5.75 Å². The molecule has 1 amide bonds. The fourth-order valence-electron chi connectivity index (χ4n) is 7.34. The fraction of sp³-hybridized carbons (Fsp3) is 0.531. The van der Waals surface area contributed by atoms with Crippen molar-refractivity contribution in [2.24, 2.45) is 17.8 Å². The standard InChI is InChI=1S/C32H41NO4/c1-5-33-31(34)27-8-6-23(7-9-27)12-21(2)28-10-11-30(37-20-36-22(3)35-4)29(16-28)32-17-24-13-25(18-32)15-26(14-24)19-32/h6-12,16,22,24-26H,5,13-15,17-20H2,1-4H3,(H,33,34). The summed E-state index contributed by atoms with van der Waals surface area (Å²) >= 11 is 0. The van der Waals surface area contributed by atoms with Crippen molar-refractivity contribution in [1.82, 2.24) is 5.32 Å². The number of ether oxygens (including phenoxy) is 3. The van der Waals surface area contributed by atoms with E-state index in [1.165, 1.54) is 55.2 Å². The molecule has 5 nitrogen and oxygen atoms in total. The summed E-state index contributed by atoms with van der Waals surface area (Å²) in [6, 6.07) is 14.5. The summed E-state index contributed by atoms with van der Waals surface area (Å²) in [4.78, 5) is 12.1. The Morgan fingerprint density at radius 2 is 1.65 bits per heavy atom. The summed E-state index contributed by atoms with van der Waals surface area (Å²) in [7, 11) is 1.64. The smallest absolute Gasteiger partial charge is 0.251 e. The number of carbonyl (C=O) groups excluding carboxylic acids is 1. The van der Waals surface area contributed by atoms with Crippen molar-refractivity contribution in [2.75, 3.05) is 20.4 Å². The molecule has 198 valence electrons. The van der Waals surface area contributed by atoms with Crippen LogP contribution in [-0.4, -0.2) is 32.6 Å². The lowest BCUT2D eigenvalue weighted by Crippen LogP contribution is -2.48. The van der Waals surface area contributed by atoms with Gasteiger partial charge in [-0.2, -0.15) is 0 Å². The molecule has 0 aliphatic heterocycles. The molecular weight excluding hydrogens is 462 g/mol. The number of amides is 1. The van der Waals surface area contributed by atoms with Gasteiger partial charge in [-0.15, -0.1) is 0 Å². The Balaban J connectivity index is 1.43. The Bertz CT molecular complexity index is 1100. The van der Waals surface area contributed by atoms with E-state index in [-0.39, 0.29) is 24.4 Å². The molecule has 4 aliphatic carbocycles. The second-order valence-corrected chi connectivity index (χ2v) is 11.4. The van der Waals surface area contributed by atoms with E-state index in [0.717, 1.165) is 29.1 Å². The van der Waals surface area contributed by atoms with E-state index in [4.69, 9.17) is 14.2 Å². The first kappa shape index (κ1) is 26.0. The highest BCUT2D eigenvalue weighted by Crippen LogP contribution is 2.62. The van der Waals surface area contributed by atoms with Crippen LogP contribution in [0.3, 0.4) is 0 Å². The molecule has 37 heavy (non-hydrogen) atoms. The minimum absolute atomic E-state index is 0.0329. The normalized spacial score (nSPS) is 27.2. The molecule has 4 aliphatic rings. The predicted octanol–water partition coefficient (Wildman–Crippen LogP) is 6.81. The second-order valence-electron chi connectivity index (χ2n) is 11.4. The number of carbonyl (C=O) groups is 1. The Labute approximate surface area is 221 Å². The molecule has 4 fully saturated rings. The lowest BCUT2D eigenvalue weighted by molar-refractivity contribution is -0.150. The van der Waals surface area contributed by atoms with Crippen molar-refractivity contribution in [3.63, 3.8) is 0 Å². The maximum Gasteiger partial charge on any atom is 0.251 e. The second kappa shape index (κ2) is 11.0. The molecule has 4 saturated carbocycles. The highest BCUT2D eigenvalue weighted by atomic mass is 16.7. The lowest BCUT2D eigenvalue weighted by Gasteiger charge is -2.57. The molecule has 0 heterocycles. The monoisotopic (exact) mass is 503 g/mol. The van der Waals surface area contributed by atoms with E-state index >= 15 is 0 Å². The van der Waals surface area contributed by atoms with Crippen molar-refractivity contribution < 1.29 is 19.0 Å². The summed E-state index contributed by atoms with van der Waals surface area (Å²) in [6.07, 6.45) is 9.96. The van der Waals surface area contributed by atoms with Gasteiger partial charge in [0.25, 0.3) is 5.91 Å². The van der Waals surface area contributed by atoms with E-state index in [1.54, 1.807) is 7.11 Å². The first-order valence-corrected chi connectivity index (χ1v) is 13.9. The molecule has 1 N–H and O–H groups in total. The van der Waals surface area contributed by atoms with Crippen LogP contribution in [0, 0.1) is 17.8 Å². The van der Waals surface area contributed by atoms with Gasteiger partial charge in [0.05, 0.1) is 0 Å². The summed E-state index contributed by atoms with van der Waals surface area (Å²) in [5, 5.41) is 2.86. The minimum atomic E-state index is -0.299. The Morgan fingerprint density at radius 3 is 2.24 bits per heavy atom. The van der Waals surface area contributed by atoms with Crippen LogP contribution in [0.1, 0.15) is 86.3 Å². The molecule has 5 heteroatoms. The number of rotatable bonds is 10. The van der Waals surface area contributed by atoms with Crippen LogP contribution in [0.5, 0.6) is 5.75 Å². The van der Waals surface area contributed by atoms with Crippen LogP contribution in [0.15, 0.2) is 42.5 Å². The molecule has 6 rings (SSSR count). The van der Waals surface area contributed by atoms with E-state index in [2.05, 4.69) is 36.5 Å². The maximum absolute atomic E-state index is 12.1. The third-order valence-corrected chi connectivity index (χ3v) is 8.79. The van der Waals surface area contributed by atoms with Crippen molar-refractivity contribution >= 4 is 17.6 Å². The highest BCUT2D eigenvalue weighted by Gasteiger charge is 2.52. The number of methoxy groups -OCH3 is 1. The molecule has 1 atom stereocenters. The first-order valence-electron chi connectivity index (χ1n) is 13.9. The van der Waals surface area contributed by atoms with Gasteiger partial charge in [0.15, 0.2) is 13.1 Å². The largest absolute Gasteiger partial charge is 0.467 e. The summed E-state index contributed by atoms with van der Waals surface area (Å²) < 4.78 is 17.2. The Kier molecular flexibility index (Phi) is 7.73. The zero-order valence-electron chi connectivity index (χ0n) is 22.7. The third kappa shape index (κ3) is 5.63. The molecule has 2 aromatic rings. The van der Waals surface area contributed by atoms with E-state index < -0.39 is 0 Å². The van der Waals surface area contributed by atoms with Gasteiger partial charge in [0.2, 0.25) is 0 Å². The van der Waals surface area contributed by atoms with Crippen LogP contribution in [0.25, 0.3) is 11.6 Å². The fourth-order valence-corrected chi connectivity index (χ4v) is 7.34. The molecule has 0 saturated heterocycles. The summed E-state index contributed by atoms with van der Waals surface area (Å²) in [5.41, 5.74) is 5.76. The number of benzene rings is 2. The zero-order chi connectivity index (χ0) is 26.0. The van der Waals surface area contributed by atoms with Gasteiger partial charge in [0.1, 0.15) is 5.75 Å². The lowest BCUT2D eigenvalue weighted by atomic mass is 9.48. The summed E-state index contributed by atoms with van der Waals surface area (Å²) in [6.45, 7) is 6.78. The van der Waals surface area contributed by atoms with Gasteiger partial charge < -0.3 is 19.5 Å². The van der Waals surface area contributed by atoms with Gasteiger partial charge in [0, 0.05) is 24.8 Å². The van der Waals surface area contributed by atoms with Gasteiger partial charge in [-0.3, -0.25) is 4.79 Å². The average molecular weight is 504 g/mol. The molecule has 0 spiro atoms. The number of allylic oxidation sites excluding steroid dienone is 1. The van der Waals surface area contributed by atoms with Gasteiger partial charge >= 0.3 is 0 Å². The number of hydrogen-bond acceptors (Lipinski definition) is 4. The van der Waals surface area contributed by atoms with Crippen molar-refractivity contribution in [3.05, 3.63) is 64.7 Å². The maximum atomic E-state index is 12.1. The first-order chi connectivity index (χ1) is 17.9. The van der Waals surface area contributed by atoms with E-state index in [9.17, 15) is 4.79 Å². The average Bonchev–Trinajstić information content (AvgIpc) is 2.88. The molecule has 2 aromatic carbocycles. The summed E-state index contributed by atoms with van der Waals surface area (Å²) in [5.74, 6) is 3.48. The highest BCUT2D eigenvalue weighted by molar-refractivity contribution is 5.94. The van der Waals surface area contributed by atoms with Crippen LogP contribution >= 0.6 is 0 Å². The molecule has 0 radical (unpaired) electrons. The Morgan fingerprint density at radius 1 is 1.03 bits per heavy atom. The molecule has 4 bridgehead atoms. The Hall–Kier alpha value is -2.63. The third-order valence-electron chi connectivity index (χ3n) is 8.79. The molecule has 0 aromatic heterocycles. The van der Waals surface area contributed by atoms with Crippen LogP contribution < -0.4 is 10.1 Å². The zero-order valence-corrected chi connectivity index (χ0v) is 22.7. The number of hydrogen-bond donors (Lipinski definition) is 1.